The van der Waals surface area contributed by atoms with Gasteiger partial charge in [-0.15, -0.1) is 0 Å². The van der Waals surface area contributed by atoms with E-state index in [-0.39, 0.29) is 6.17 Å². The zero-order valence-electron chi connectivity index (χ0n) is 9.98. The molecule has 94 valence electrons. The van der Waals surface area contributed by atoms with Crippen molar-refractivity contribution < 1.29 is 9.59 Å². The second-order valence-electron chi connectivity index (χ2n) is 4.58. The first-order valence-corrected chi connectivity index (χ1v) is 6.16. The number of carbonyl (C=O) groups is 2. The number of nitrogens with one attached hydrogen (secondary N) is 2. The van der Waals surface area contributed by atoms with E-state index in [2.05, 4.69) is 15.5 Å². The van der Waals surface area contributed by atoms with Gasteiger partial charge in [-0.1, -0.05) is 24.3 Å². The summed E-state index contributed by atoms with van der Waals surface area (Å²) in [6.07, 6.45) is -0.173. The number of piperazine rings is 1. The van der Waals surface area contributed by atoms with Gasteiger partial charge in [-0.3, -0.25) is 14.5 Å². The molecule has 1 aromatic carbocycles. The zero-order valence-corrected chi connectivity index (χ0v) is 9.98. The van der Waals surface area contributed by atoms with Crippen molar-refractivity contribution in [2.24, 2.45) is 0 Å². The molecule has 0 bridgehead atoms. The molecule has 0 saturated carbocycles. The van der Waals surface area contributed by atoms with Crippen LogP contribution in [-0.2, 0) is 4.79 Å². The number of carbonyl (C=O) groups excluding carboxylic acids is 2. The third-order valence-corrected chi connectivity index (χ3v) is 3.49. The zero-order chi connectivity index (χ0) is 12.5. The van der Waals surface area contributed by atoms with Crippen LogP contribution in [0.5, 0.6) is 0 Å². The van der Waals surface area contributed by atoms with E-state index in [0.29, 0.717) is 5.56 Å². The van der Waals surface area contributed by atoms with Crippen LogP contribution in [0.4, 0.5) is 0 Å². The smallest absolute Gasteiger partial charge is 0.293 e. The summed E-state index contributed by atoms with van der Waals surface area (Å²) >= 11 is 0. The van der Waals surface area contributed by atoms with E-state index in [1.165, 1.54) is 0 Å². The SMILES string of the molecule is O=C1NC(N2CCNCC2)c2ccccc2C1=O. The van der Waals surface area contributed by atoms with Crippen LogP contribution in [0, 0.1) is 0 Å². The number of rotatable bonds is 1. The van der Waals surface area contributed by atoms with Gasteiger partial charge in [0.15, 0.2) is 0 Å². The van der Waals surface area contributed by atoms with Gasteiger partial charge < -0.3 is 10.6 Å². The van der Waals surface area contributed by atoms with Gasteiger partial charge in [0.1, 0.15) is 6.17 Å². The quantitative estimate of drug-likeness (QED) is 0.678. The monoisotopic (exact) mass is 245 g/mol. The summed E-state index contributed by atoms with van der Waals surface area (Å²) < 4.78 is 0. The summed E-state index contributed by atoms with van der Waals surface area (Å²) in [6, 6.07) is 7.34. The van der Waals surface area contributed by atoms with Crippen LogP contribution in [0.15, 0.2) is 24.3 Å². The fourth-order valence-electron chi connectivity index (χ4n) is 2.56. The van der Waals surface area contributed by atoms with Crippen LogP contribution in [0.2, 0.25) is 0 Å². The molecular weight excluding hydrogens is 230 g/mol. The number of hydrogen-bond donors (Lipinski definition) is 2. The molecule has 5 nitrogen and oxygen atoms in total. The molecule has 1 aromatic rings. The lowest BCUT2D eigenvalue weighted by atomic mass is 9.96. The molecule has 2 aliphatic rings. The maximum atomic E-state index is 11.8. The minimum Gasteiger partial charge on any atom is -0.330 e. The minimum absolute atomic E-state index is 0.173. The van der Waals surface area contributed by atoms with Crippen molar-refractivity contribution in [2.45, 2.75) is 6.17 Å². The predicted octanol–water partition coefficient (Wildman–Crippen LogP) is -0.0971. The highest BCUT2D eigenvalue weighted by molar-refractivity contribution is 6.44. The lowest BCUT2D eigenvalue weighted by Gasteiger charge is -2.37. The van der Waals surface area contributed by atoms with E-state index in [1.807, 2.05) is 12.1 Å². The van der Waals surface area contributed by atoms with Gasteiger partial charge in [0, 0.05) is 37.3 Å². The molecule has 0 spiro atoms. The van der Waals surface area contributed by atoms with Gasteiger partial charge in [0.05, 0.1) is 0 Å². The Morgan fingerprint density at radius 1 is 1.11 bits per heavy atom. The topological polar surface area (TPSA) is 61.4 Å². The highest BCUT2D eigenvalue weighted by Crippen LogP contribution is 2.26. The molecule has 2 N–H and O–H groups in total. The largest absolute Gasteiger partial charge is 0.330 e. The Balaban J connectivity index is 1.98. The normalized spacial score (nSPS) is 24.6. The fourth-order valence-corrected chi connectivity index (χ4v) is 2.56. The maximum absolute atomic E-state index is 11.8. The number of nitrogens with zero attached hydrogens (tertiary/aromatic N) is 1. The summed E-state index contributed by atoms with van der Waals surface area (Å²) in [5.41, 5.74) is 1.44. The third kappa shape index (κ3) is 1.81. The van der Waals surface area contributed by atoms with Crippen molar-refractivity contribution in [1.29, 1.82) is 0 Å². The van der Waals surface area contributed by atoms with E-state index >= 15 is 0 Å². The number of Topliss-reactive ketones (excluding diaryl/α,β-unsaturated/α-hetero) is 1. The van der Waals surface area contributed by atoms with Crippen molar-refractivity contribution in [3.05, 3.63) is 35.4 Å². The van der Waals surface area contributed by atoms with Gasteiger partial charge in [-0.2, -0.15) is 0 Å². The molecule has 2 heterocycles. The first-order chi connectivity index (χ1) is 8.77. The molecule has 0 aliphatic carbocycles. The van der Waals surface area contributed by atoms with Crippen molar-refractivity contribution in [1.82, 2.24) is 15.5 Å². The molecule has 2 aliphatic heterocycles. The highest BCUT2D eigenvalue weighted by atomic mass is 16.2. The van der Waals surface area contributed by atoms with Gasteiger partial charge in [-0.05, 0) is 0 Å². The van der Waals surface area contributed by atoms with Gasteiger partial charge in [0.25, 0.3) is 11.7 Å². The second-order valence-corrected chi connectivity index (χ2v) is 4.58. The summed E-state index contributed by atoms with van der Waals surface area (Å²) in [5, 5.41) is 6.08. The fraction of sp³-hybridized carbons (Fsp3) is 0.385. The van der Waals surface area contributed by atoms with Crippen LogP contribution < -0.4 is 10.6 Å². The number of benzene rings is 1. The highest BCUT2D eigenvalue weighted by Gasteiger charge is 2.34. The Labute approximate surface area is 105 Å². The van der Waals surface area contributed by atoms with Gasteiger partial charge >= 0.3 is 0 Å². The molecule has 1 unspecified atom stereocenters. The molecule has 5 heteroatoms. The lowest BCUT2D eigenvalue weighted by Crippen LogP contribution is -2.53. The maximum Gasteiger partial charge on any atom is 0.293 e. The molecule has 1 fully saturated rings. The van der Waals surface area contributed by atoms with Gasteiger partial charge in [-0.25, -0.2) is 0 Å². The predicted molar refractivity (Wildman–Crippen MR) is 66.1 cm³/mol. The second kappa shape index (κ2) is 4.51. The van der Waals surface area contributed by atoms with Crippen molar-refractivity contribution in [3.63, 3.8) is 0 Å². The van der Waals surface area contributed by atoms with Crippen LogP contribution >= 0.6 is 0 Å². The average Bonchev–Trinajstić information content (AvgIpc) is 2.44. The molecule has 0 radical (unpaired) electrons. The number of fused-ring (bicyclic) bond motifs is 1. The van der Waals surface area contributed by atoms with E-state index in [0.717, 1.165) is 31.7 Å². The molecular formula is C13H15N3O2. The van der Waals surface area contributed by atoms with Crippen LogP contribution in [0.1, 0.15) is 22.1 Å². The molecule has 1 saturated heterocycles. The first kappa shape index (κ1) is 11.4. The van der Waals surface area contributed by atoms with Crippen LogP contribution in [-0.4, -0.2) is 42.8 Å². The van der Waals surface area contributed by atoms with E-state index in [4.69, 9.17) is 0 Å². The Hall–Kier alpha value is -1.72. The molecule has 18 heavy (non-hydrogen) atoms. The Bertz CT molecular complexity index is 495. The minimum atomic E-state index is -0.503. The summed E-state index contributed by atoms with van der Waals surface area (Å²) in [7, 11) is 0. The summed E-state index contributed by atoms with van der Waals surface area (Å²) in [6.45, 7) is 3.55. The van der Waals surface area contributed by atoms with Crippen molar-refractivity contribution in [2.75, 3.05) is 26.2 Å². The molecule has 0 aromatic heterocycles. The van der Waals surface area contributed by atoms with Crippen molar-refractivity contribution >= 4 is 11.7 Å². The lowest BCUT2D eigenvalue weighted by molar-refractivity contribution is -0.119. The Morgan fingerprint density at radius 2 is 1.83 bits per heavy atom. The summed E-state index contributed by atoms with van der Waals surface area (Å²) in [4.78, 5) is 25.7. The Kier molecular flexibility index (Phi) is 2.85. The van der Waals surface area contributed by atoms with Crippen LogP contribution in [0.3, 0.4) is 0 Å². The van der Waals surface area contributed by atoms with Crippen molar-refractivity contribution in [3.8, 4) is 0 Å². The number of hydrogen-bond acceptors (Lipinski definition) is 4. The Morgan fingerprint density at radius 3 is 2.61 bits per heavy atom. The number of ketones is 1. The van der Waals surface area contributed by atoms with E-state index in [1.54, 1.807) is 12.1 Å². The number of amides is 1. The van der Waals surface area contributed by atoms with E-state index in [9.17, 15) is 9.59 Å². The van der Waals surface area contributed by atoms with Crippen LogP contribution in [0.25, 0.3) is 0 Å². The third-order valence-electron chi connectivity index (χ3n) is 3.49. The molecule has 3 rings (SSSR count). The standard InChI is InChI=1S/C13H15N3O2/c17-11-9-3-1-2-4-10(9)12(15-13(11)18)16-7-5-14-6-8-16/h1-4,12,14H,5-8H2,(H,15,18). The van der Waals surface area contributed by atoms with E-state index < -0.39 is 11.7 Å². The average molecular weight is 245 g/mol. The molecule has 1 amide bonds. The first-order valence-electron chi connectivity index (χ1n) is 6.16. The van der Waals surface area contributed by atoms with Gasteiger partial charge in [0.2, 0.25) is 0 Å². The molecule has 1 atom stereocenters. The summed E-state index contributed by atoms with van der Waals surface area (Å²) in [5.74, 6) is -0.936.